The van der Waals surface area contributed by atoms with Crippen molar-refractivity contribution in [1.82, 2.24) is 14.8 Å². The first kappa shape index (κ1) is 15.9. The van der Waals surface area contributed by atoms with E-state index in [1.807, 2.05) is 13.8 Å². The Morgan fingerprint density at radius 1 is 1.39 bits per heavy atom. The van der Waals surface area contributed by atoms with Crippen LogP contribution in [-0.4, -0.2) is 43.0 Å². The van der Waals surface area contributed by atoms with E-state index in [9.17, 15) is 13.2 Å². The molecule has 8 heteroatoms. The summed E-state index contributed by atoms with van der Waals surface area (Å²) in [5.74, 6) is -0.483. The van der Waals surface area contributed by atoms with Gasteiger partial charge in [0.2, 0.25) is 15.9 Å². The summed E-state index contributed by atoms with van der Waals surface area (Å²) < 4.78 is 32.3. The second-order valence-corrected chi connectivity index (χ2v) is 7.72. The highest BCUT2D eigenvalue weighted by atomic mass is 32.2. The molecule has 1 aromatic carbocycles. The zero-order valence-electron chi connectivity index (χ0n) is 13.0. The van der Waals surface area contributed by atoms with Crippen LogP contribution in [0.2, 0.25) is 0 Å². The maximum absolute atomic E-state index is 12.4. The van der Waals surface area contributed by atoms with E-state index in [1.54, 1.807) is 29.2 Å². The SMILES string of the molecule is CC(C)N1CC[C@@H](NS(=O)(=O)Cc2noc3ccccc23)C1=O. The Kier molecular flexibility index (Phi) is 4.11. The molecule has 0 radical (unpaired) electrons. The van der Waals surface area contributed by atoms with Crippen LogP contribution in [0.25, 0.3) is 11.0 Å². The molecular formula is C15H19N3O4S. The van der Waals surface area contributed by atoms with Gasteiger partial charge in [-0.05, 0) is 32.4 Å². The number of hydrogen-bond donors (Lipinski definition) is 1. The molecule has 0 aliphatic carbocycles. The fourth-order valence-electron chi connectivity index (χ4n) is 2.80. The van der Waals surface area contributed by atoms with Crippen molar-refractivity contribution in [1.29, 1.82) is 0 Å². The highest BCUT2D eigenvalue weighted by Crippen LogP contribution is 2.20. The normalized spacial score (nSPS) is 19.2. The first-order valence-electron chi connectivity index (χ1n) is 7.51. The molecule has 0 bridgehead atoms. The van der Waals surface area contributed by atoms with Gasteiger partial charge in [0.25, 0.3) is 0 Å². The van der Waals surface area contributed by atoms with Crippen LogP contribution in [0.3, 0.4) is 0 Å². The molecule has 1 atom stereocenters. The minimum Gasteiger partial charge on any atom is -0.356 e. The maximum Gasteiger partial charge on any atom is 0.241 e. The lowest BCUT2D eigenvalue weighted by Gasteiger charge is -2.21. The van der Waals surface area contributed by atoms with E-state index in [4.69, 9.17) is 4.52 Å². The number of hydrogen-bond acceptors (Lipinski definition) is 5. The van der Waals surface area contributed by atoms with Gasteiger partial charge < -0.3 is 9.42 Å². The standard InChI is InChI=1S/C15H19N3O4S/c1-10(2)18-8-7-12(15(18)19)17-23(20,21)9-13-11-5-3-4-6-14(11)22-16-13/h3-6,10,12,17H,7-9H2,1-2H3/t12-/m1/s1. The van der Waals surface area contributed by atoms with Crippen LogP contribution >= 0.6 is 0 Å². The van der Waals surface area contributed by atoms with Crippen molar-refractivity contribution >= 4 is 26.9 Å². The molecule has 1 aromatic heterocycles. The van der Waals surface area contributed by atoms with Crippen molar-refractivity contribution in [2.75, 3.05) is 6.54 Å². The van der Waals surface area contributed by atoms with Gasteiger partial charge in [0.1, 0.15) is 17.5 Å². The zero-order chi connectivity index (χ0) is 16.6. The van der Waals surface area contributed by atoms with Crippen molar-refractivity contribution in [3.8, 4) is 0 Å². The third-order valence-corrected chi connectivity index (χ3v) is 5.26. The summed E-state index contributed by atoms with van der Waals surface area (Å²) in [5.41, 5.74) is 0.889. The van der Waals surface area contributed by atoms with Gasteiger partial charge in [-0.2, -0.15) is 0 Å². The molecule has 3 rings (SSSR count). The van der Waals surface area contributed by atoms with E-state index >= 15 is 0 Å². The summed E-state index contributed by atoms with van der Waals surface area (Å²) >= 11 is 0. The highest BCUT2D eigenvalue weighted by molar-refractivity contribution is 7.88. The molecule has 2 heterocycles. The lowest BCUT2D eigenvalue weighted by Crippen LogP contribution is -2.43. The molecule has 1 fully saturated rings. The van der Waals surface area contributed by atoms with Gasteiger partial charge in [-0.15, -0.1) is 0 Å². The van der Waals surface area contributed by atoms with Crippen LogP contribution in [0.1, 0.15) is 26.0 Å². The largest absolute Gasteiger partial charge is 0.356 e. The Labute approximate surface area is 134 Å². The lowest BCUT2D eigenvalue weighted by atomic mass is 10.2. The van der Waals surface area contributed by atoms with Crippen LogP contribution in [0, 0.1) is 0 Å². The average Bonchev–Trinajstić information content (AvgIpc) is 3.04. The number of fused-ring (bicyclic) bond motifs is 1. The second kappa shape index (κ2) is 5.93. The van der Waals surface area contributed by atoms with Gasteiger partial charge in [0.15, 0.2) is 5.58 Å². The Bertz CT molecular complexity index is 828. The van der Waals surface area contributed by atoms with Gasteiger partial charge in [-0.1, -0.05) is 17.3 Å². The first-order valence-corrected chi connectivity index (χ1v) is 9.16. The Morgan fingerprint density at radius 3 is 2.83 bits per heavy atom. The van der Waals surface area contributed by atoms with E-state index in [2.05, 4.69) is 9.88 Å². The quantitative estimate of drug-likeness (QED) is 0.886. The van der Waals surface area contributed by atoms with Crippen LogP contribution in [0.5, 0.6) is 0 Å². The lowest BCUT2D eigenvalue weighted by molar-refractivity contribution is -0.130. The van der Waals surface area contributed by atoms with E-state index in [1.165, 1.54) is 0 Å². The van der Waals surface area contributed by atoms with E-state index in [0.29, 0.717) is 29.6 Å². The maximum atomic E-state index is 12.4. The number of nitrogens with zero attached hydrogens (tertiary/aromatic N) is 2. The summed E-state index contributed by atoms with van der Waals surface area (Å²) in [6.07, 6.45) is 0.482. The number of amides is 1. The van der Waals surface area contributed by atoms with Gasteiger partial charge in [-0.3, -0.25) is 4.79 Å². The van der Waals surface area contributed by atoms with Crippen LogP contribution in [-0.2, 0) is 20.6 Å². The number of likely N-dealkylation sites (tertiary alicyclic amines) is 1. The molecule has 7 nitrogen and oxygen atoms in total. The summed E-state index contributed by atoms with van der Waals surface area (Å²) in [7, 11) is -3.68. The Hall–Kier alpha value is -1.93. The molecule has 1 N–H and O–H groups in total. The monoisotopic (exact) mass is 337 g/mol. The highest BCUT2D eigenvalue weighted by Gasteiger charge is 2.35. The summed E-state index contributed by atoms with van der Waals surface area (Å²) in [5, 5.41) is 4.49. The van der Waals surface area contributed by atoms with E-state index in [-0.39, 0.29) is 17.7 Å². The van der Waals surface area contributed by atoms with Crippen molar-refractivity contribution in [3.63, 3.8) is 0 Å². The predicted octanol–water partition coefficient (Wildman–Crippen LogP) is 1.26. The van der Waals surface area contributed by atoms with Gasteiger partial charge in [0.05, 0.1) is 0 Å². The fraction of sp³-hybridized carbons (Fsp3) is 0.467. The van der Waals surface area contributed by atoms with Crippen molar-refractivity contribution < 1.29 is 17.7 Å². The molecule has 0 spiro atoms. The molecule has 1 saturated heterocycles. The van der Waals surface area contributed by atoms with Crippen LogP contribution < -0.4 is 4.72 Å². The van der Waals surface area contributed by atoms with Crippen molar-refractivity contribution in [3.05, 3.63) is 30.0 Å². The molecule has 0 unspecified atom stereocenters. The molecular weight excluding hydrogens is 318 g/mol. The number of benzene rings is 1. The second-order valence-electron chi connectivity index (χ2n) is 5.97. The van der Waals surface area contributed by atoms with Crippen molar-refractivity contribution in [2.45, 2.75) is 38.1 Å². The summed E-state index contributed by atoms with van der Waals surface area (Å²) in [6.45, 7) is 4.39. The average molecular weight is 337 g/mol. The molecule has 1 aliphatic rings. The van der Waals surface area contributed by atoms with Gasteiger partial charge in [-0.25, -0.2) is 13.1 Å². The van der Waals surface area contributed by atoms with E-state index < -0.39 is 16.1 Å². The number of rotatable bonds is 5. The Balaban J connectivity index is 1.74. The molecule has 1 amide bonds. The molecule has 2 aromatic rings. The van der Waals surface area contributed by atoms with Crippen LogP contribution in [0.4, 0.5) is 0 Å². The molecule has 124 valence electrons. The first-order chi connectivity index (χ1) is 10.9. The molecule has 23 heavy (non-hydrogen) atoms. The number of carbonyl (C=O) groups is 1. The van der Waals surface area contributed by atoms with Gasteiger partial charge in [0, 0.05) is 18.0 Å². The van der Waals surface area contributed by atoms with Gasteiger partial charge >= 0.3 is 0 Å². The zero-order valence-corrected chi connectivity index (χ0v) is 13.8. The molecule has 1 aliphatic heterocycles. The minimum absolute atomic E-state index is 0.0662. The molecule has 0 saturated carbocycles. The van der Waals surface area contributed by atoms with Crippen molar-refractivity contribution in [2.24, 2.45) is 0 Å². The number of nitrogens with one attached hydrogen (secondary N) is 1. The van der Waals surface area contributed by atoms with Crippen LogP contribution in [0.15, 0.2) is 28.8 Å². The third-order valence-electron chi connectivity index (χ3n) is 3.96. The number of carbonyl (C=O) groups excluding carboxylic acids is 1. The number of para-hydroxylation sites is 1. The fourth-order valence-corrected chi connectivity index (χ4v) is 4.11. The number of aromatic nitrogens is 1. The Morgan fingerprint density at radius 2 is 2.13 bits per heavy atom. The summed E-state index contributed by atoms with van der Waals surface area (Å²) in [6, 6.07) is 6.45. The summed E-state index contributed by atoms with van der Waals surface area (Å²) in [4.78, 5) is 13.9. The third kappa shape index (κ3) is 3.23. The smallest absolute Gasteiger partial charge is 0.241 e. The topological polar surface area (TPSA) is 92.5 Å². The predicted molar refractivity (Wildman–Crippen MR) is 85.0 cm³/mol. The van der Waals surface area contributed by atoms with E-state index in [0.717, 1.165) is 0 Å². The number of sulfonamides is 1. The minimum atomic E-state index is -3.68.